The van der Waals surface area contributed by atoms with Crippen LogP contribution in [0.15, 0.2) is 0 Å². The lowest BCUT2D eigenvalue weighted by Gasteiger charge is -2.11. The summed E-state index contributed by atoms with van der Waals surface area (Å²) in [5.74, 6) is 5.53. The molecule has 5 nitrogen and oxygen atoms in total. The molecule has 0 bridgehead atoms. The van der Waals surface area contributed by atoms with Crippen LogP contribution in [0.25, 0.3) is 0 Å². The van der Waals surface area contributed by atoms with Gasteiger partial charge in [0, 0.05) is 6.92 Å². The van der Waals surface area contributed by atoms with Gasteiger partial charge >= 0.3 is 0 Å². The smallest absolute Gasteiger partial charge is 0.243 e. The van der Waals surface area contributed by atoms with Gasteiger partial charge in [-0.3, -0.25) is 14.5 Å². The fraction of sp³-hybridized carbons (Fsp3) is 0.692. The molecular formula is C13H21N3O2. The Hall–Kier alpha value is -1.54. The molecule has 0 aromatic rings. The summed E-state index contributed by atoms with van der Waals surface area (Å²) in [5, 5.41) is 5.19. The third-order valence-corrected chi connectivity index (χ3v) is 2.79. The van der Waals surface area contributed by atoms with Crippen LogP contribution in [0, 0.1) is 11.8 Å². The zero-order valence-electron chi connectivity index (χ0n) is 11.1. The first-order valence-corrected chi connectivity index (χ1v) is 6.32. The largest absolute Gasteiger partial charge is 0.345 e. The Morgan fingerprint density at radius 3 is 2.56 bits per heavy atom. The van der Waals surface area contributed by atoms with Gasteiger partial charge in [0.15, 0.2) is 0 Å². The van der Waals surface area contributed by atoms with Crippen molar-refractivity contribution in [2.45, 2.75) is 32.7 Å². The quantitative estimate of drug-likeness (QED) is 0.676. The van der Waals surface area contributed by atoms with Crippen molar-refractivity contribution in [2.75, 3.05) is 26.2 Å². The topological polar surface area (TPSA) is 61.4 Å². The number of hydrogen-bond donors (Lipinski definition) is 2. The Labute approximate surface area is 108 Å². The van der Waals surface area contributed by atoms with E-state index in [9.17, 15) is 9.59 Å². The summed E-state index contributed by atoms with van der Waals surface area (Å²) in [7, 11) is 0. The van der Waals surface area contributed by atoms with Crippen LogP contribution in [-0.2, 0) is 9.59 Å². The molecule has 0 aromatic heterocycles. The van der Waals surface area contributed by atoms with Crippen LogP contribution in [-0.4, -0.2) is 48.9 Å². The molecule has 1 atom stereocenters. The number of nitrogens with zero attached hydrogens (tertiary/aromatic N) is 1. The molecule has 0 radical (unpaired) electrons. The molecule has 2 N–H and O–H groups in total. The van der Waals surface area contributed by atoms with Gasteiger partial charge in [0.1, 0.15) is 6.04 Å². The van der Waals surface area contributed by atoms with Gasteiger partial charge in [0.25, 0.3) is 0 Å². The van der Waals surface area contributed by atoms with Crippen LogP contribution in [0.5, 0.6) is 0 Å². The molecule has 0 saturated carbocycles. The first-order chi connectivity index (χ1) is 8.59. The molecule has 100 valence electrons. The maximum absolute atomic E-state index is 11.5. The lowest BCUT2D eigenvalue weighted by atomic mass is 10.3. The number of likely N-dealkylation sites (tertiary alicyclic amines) is 1. The van der Waals surface area contributed by atoms with E-state index >= 15 is 0 Å². The summed E-state index contributed by atoms with van der Waals surface area (Å²) in [6.07, 6.45) is 2.51. The summed E-state index contributed by atoms with van der Waals surface area (Å²) in [6.45, 7) is 6.39. The molecule has 0 aliphatic carbocycles. The van der Waals surface area contributed by atoms with E-state index in [1.165, 1.54) is 19.8 Å². The predicted octanol–water partition coefficient (Wildman–Crippen LogP) is -0.274. The standard InChI is InChI=1S/C13H21N3O2/c1-11(15-12(2)17)13(18)14-7-3-4-8-16-9-5-6-10-16/h11H,5-10H2,1-2H3,(H,14,18)(H,15,17). The fourth-order valence-corrected chi connectivity index (χ4v) is 1.83. The summed E-state index contributed by atoms with van der Waals surface area (Å²) >= 11 is 0. The van der Waals surface area contributed by atoms with E-state index in [4.69, 9.17) is 0 Å². The normalized spacial score (nSPS) is 16.6. The van der Waals surface area contributed by atoms with Crippen LogP contribution in [0.4, 0.5) is 0 Å². The molecular weight excluding hydrogens is 230 g/mol. The van der Waals surface area contributed by atoms with Crippen molar-refractivity contribution in [1.29, 1.82) is 0 Å². The van der Waals surface area contributed by atoms with Crippen LogP contribution in [0.1, 0.15) is 26.7 Å². The number of rotatable bonds is 4. The van der Waals surface area contributed by atoms with Crippen molar-refractivity contribution in [3.8, 4) is 11.8 Å². The van der Waals surface area contributed by atoms with Crippen molar-refractivity contribution in [1.82, 2.24) is 15.5 Å². The minimum atomic E-state index is -0.511. The highest BCUT2D eigenvalue weighted by Gasteiger charge is 2.12. The second-order valence-electron chi connectivity index (χ2n) is 4.48. The first kappa shape index (κ1) is 14.5. The van der Waals surface area contributed by atoms with Gasteiger partial charge in [-0.2, -0.15) is 0 Å². The van der Waals surface area contributed by atoms with Gasteiger partial charge in [-0.05, 0) is 32.9 Å². The molecule has 1 fully saturated rings. The molecule has 2 amide bonds. The zero-order chi connectivity index (χ0) is 13.4. The Kier molecular flexibility index (Phi) is 6.23. The van der Waals surface area contributed by atoms with E-state index in [0.29, 0.717) is 6.54 Å². The zero-order valence-corrected chi connectivity index (χ0v) is 11.1. The highest BCUT2D eigenvalue weighted by atomic mass is 16.2. The van der Waals surface area contributed by atoms with E-state index in [-0.39, 0.29) is 11.8 Å². The van der Waals surface area contributed by atoms with E-state index < -0.39 is 6.04 Å². The second kappa shape index (κ2) is 7.72. The monoisotopic (exact) mass is 251 g/mol. The van der Waals surface area contributed by atoms with E-state index in [1.807, 2.05) is 0 Å². The molecule has 1 aliphatic heterocycles. The van der Waals surface area contributed by atoms with Gasteiger partial charge in [-0.25, -0.2) is 0 Å². The van der Waals surface area contributed by atoms with E-state index in [0.717, 1.165) is 19.6 Å². The molecule has 0 aromatic carbocycles. The van der Waals surface area contributed by atoms with Gasteiger partial charge in [0.05, 0.1) is 13.1 Å². The highest BCUT2D eigenvalue weighted by Crippen LogP contribution is 2.05. The molecule has 1 saturated heterocycles. The number of carbonyl (C=O) groups is 2. The minimum absolute atomic E-state index is 0.208. The molecule has 1 unspecified atom stereocenters. The van der Waals surface area contributed by atoms with Crippen LogP contribution >= 0.6 is 0 Å². The third kappa shape index (κ3) is 5.69. The maximum atomic E-state index is 11.5. The minimum Gasteiger partial charge on any atom is -0.345 e. The number of amides is 2. The second-order valence-corrected chi connectivity index (χ2v) is 4.48. The molecule has 1 rings (SSSR count). The van der Waals surface area contributed by atoms with E-state index in [1.54, 1.807) is 6.92 Å². The van der Waals surface area contributed by atoms with Gasteiger partial charge in [-0.15, -0.1) is 0 Å². The third-order valence-electron chi connectivity index (χ3n) is 2.79. The molecule has 18 heavy (non-hydrogen) atoms. The van der Waals surface area contributed by atoms with Crippen molar-refractivity contribution < 1.29 is 9.59 Å². The lowest BCUT2D eigenvalue weighted by molar-refractivity contribution is -0.127. The summed E-state index contributed by atoms with van der Waals surface area (Å²) < 4.78 is 0. The Bertz CT molecular complexity index is 351. The lowest BCUT2D eigenvalue weighted by Crippen LogP contribution is -2.44. The Morgan fingerprint density at radius 1 is 1.28 bits per heavy atom. The Morgan fingerprint density at radius 2 is 1.94 bits per heavy atom. The summed E-state index contributed by atoms with van der Waals surface area (Å²) in [6, 6.07) is -0.511. The van der Waals surface area contributed by atoms with Gasteiger partial charge in [0.2, 0.25) is 11.8 Å². The van der Waals surface area contributed by atoms with Gasteiger partial charge in [-0.1, -0.05) is 11.8 Å². The molecule has 1 aliphatic rings. The van der Waals surface area contributed by atoms with Crippen molar-refractivity contribution >= 4 is 11.8 Å². The maximum Gasteiger partial charge on any atom is 0.243 e. The van der Waals surface area contributed by atoms with Crippen molar-refractivity contribution in [3.63, 3.8) is 0 Å². The first-order valence-electron chi connectivity index (χ1n) is 6.32. The van der Waals surface area contributed by atoms with Crippen LogP contribution in [0.3, 0.4) is 0 Å². The van der Waals surface area contributed by atoms with Crippen molar-refractivity contribution in [2.24, 2.45) is 0 Å². The number of carbonyl (C=O) groups excluding carboxylic acids is 2. The number of hydrogen-bond acceptors (Lipinski definition) is 3. The number of nitrogens with one attached hydrogen (secondary N) is 2. The average molecular weight is 251 g/mol. The summed E-state index contributed by atoms with van der Waals surface area (Å²) in [5.41, 5.74) is 0. The van der Waals surface area contributed by atoms with Crippen LogP contribution in [0.2, 0.25) is 0 Å². The van der Waals surface area contributed by atoms with Crippen molar-refractivity contribution in [3.05, 3.63) is 0 Å². The predicted molar refractivity (Wildman–Crippen MR) is 69.7 cm³/mol. The van der Waals surface area contributed by atoms with Crippen LogP contribution < -0.4 is 10.6 Å². The SMILES string of the molecule is CC(=O)NC(C)C(=O)NCC#CCN1CCCC1. The van der Waals surface area contributed by atoms with Gasteiger partial charge < -0.3 is 10.6 Å². The Balaban J connectivity index is 2.14. The average Bonchev–Trinajstić information content (AvgIpc) is 2.80. The summed E-state index contributed by atoms with van der Waals surface area (Å²) in [4.78, 5) is 24.6. The van der Waals surface area contributed by atoms with E-state index in [2.05, 4.69) is 27.4 Å². The molecule has 5 heteroatoms. The fourth-order valence-electron chi connectivity index (χ4n) is 1.83. The highest BCUT2D eigenvalue weighted by molar-refractivity contribution is 5.86. The molecule has 1 heterocycles. The molecule has 0 spiro atoms.